The van der Waals surface area contributed by atoms with E-state index in [9.17, 15) is 4.57 Å². The van der Waals surface area contributed by atoms with E-state index in [1.807, 2.05) is 9.47 Å². The average Bonchev–Trinajstić information content (AvgIpc) is 3.04. The third-order valence-electron chi connectivity index (χ3n) is 3.98. The van der Waals surface area contributed by atoms with Crippen LogP contribution in [0.4, 0.5) is 5.95 Å². The number of aromatic nitrogens is 4. The smallest absolute Gasteiger partial charge is 0.331 e. The molecule has 0 aliphatic rings. The Morgan fingerprint density at radius 1 is 1.29 bits per heavy atom. The molecule has 0 fully saturated rings. The predicted molar refractivity (Wildman–Crippen MR) is 107 cm³/mol. The van der Waals surface area contributed by atoms with Crippen LogP contribution in [0.5, 0.6) is 0 Å². The molecule has 2 N–H and O–H groups in total. The molecule has 0 saturated carbocycles. The van der Waals surface area contributed by atoms with E-state index in [2.05, 4.69) is 21.0 Å². The van der Waals surface area contributed by atoms with Crippen molar-refractivity contribution >= 4 is 36.3 Å². The summed E-state index contributed by atoms with van der Waals surface area (Å²) < 4.78 is 25.2. The van der Waals surface area contributed by atoms with Gasteiger partial charge in [-0.1, -0.05) is 11.6 Å². The maximum absolute atomic E-state index is 12.7. The third-order valence-corrected chi connectivity index (χ3v) is 6.29. The van der Waals surface area contributed by atoms with E-state index in [-0.39, 0.29) is 17.3 Å². The van der Waals surface area contributed by atoms with Crippen molar-refractivity contribution in [2.45, 2.75) is 26.8 Å². The van der Waals surface area contributed by atoms with Crippen molar-refractivity contribution in [3.05, 3.63) is 11.5 Å². The lowest BCUT2D eigenvalue weighted by Gasteiger charge is -2.24. The van der Waals surface area contributed by atoms with Crippen LogP contribution in [0.1, 0.15) is 20.3 Å². The number of halogens is 1. The fraction of sp³-hybridized carbons (Fsp3) is 0.625. The average molecular weight is 430 g/mol. The molecule has 0 unspecified atom stereocenters. The van der Waals surface area contributed by atoms with Crippen molar-refractivity contribution in [3.63, 3.8) is 0 Å². The summed E-state index contributed by atoms with van der Waals surface area (Å²) in [5.74, 6) is 0.0787. The summed E-state index contributed by atoms with van der Waals surface area (Å²) in [7, 11) is -3.14. The Labute approximate surface area is 169 Å². The Morgan fingerprint density at radius 3 is 2.64 bits per heavy atom. The second-order valence-corrected chi connectivity index (χ2v) is 8.45. The lowest BCUT2D eigenvalue weighted by atomic mass is 10.4. The molecule has 0 saturated heterocycles. The summed E-state index contributed by atoms with van der Waals surface area (Å²) in [4.78, 5) is 14.4. The van der Waals surface area contributed by atoms with E-state index in [1.165, 1.54) is 0 Å². The number of fused-ring (bicyclic) bond motifs is 1. The minimum atomic E-state index is -3.14. The van der Waals surface area contributed by atoms with Crippen molar-refractivity contribution < 1.29 is 13.6 Å². The quantitative estimate of drug-likeness (QED) is 0.399. The van der Waals surface area contributed by atoms with E-state index in [4.69, 9.17) is 31.6 Å². The maximum atomic E-state index is 12.7. The van der Waals surface area contributed by atoms with Crippen LogP contribution < -0.4 is 5.73 Å². The first-order valence-corrected chi connectivity index (χ1v) is 11.1. The predicted octanol–water partition coefficient (Wildman–Crippen LogP) is 2.54. The molecule has 0 atom stereocenters. The number of nitrogens with two attached hydrogens (primary N) is 1. The molecule has 0 spiro atoms. The van der Waals surface area contributed by atoms with Gasteiger partial charge in [-0.2, -0.15) is 15.2 Å². The number of nitriles is 1. The van der Waals surface area contributed by atoms with Crippen molar-refractivity contribution in [1.82, 2.24) is 24.4 Å². The van der Waals surface area contributed by atoms with Crippen LogP contribution >= 0.6 is 19.2 Å². The van der Waals surface area contributed by atoms with Gasteiger partial charge >= 0.3 is 7.60 Å². The zero-order valence-corrected chi connectivity index (χ0v) is 17.7. The van der Waals surface area contributed by atoms with Crippen molar-refractivity contribution in [2.75, 3.05) is 44.7 Å². The standard InChI is InChI=1S/C16H25ClN7O3P/c1-3-26-28(25,27-4-2)11-10-23(7-5-6-18)8-9-24-12-20-13-14(17)21-16(19)22-15(13)24/h12H,3-5,7-11H2,1-2H3,(H2,19,21,22). The number of rotatable bonds is 12. The minimum absolute atomic E-state index is 0.0787. The molecule has 2 aromatic heterocycles. The first-order chi connectivity index (χ1) is 13.4. The van der Waals surface area contributed by atoms with E-state index in [0.29, 0.717) is 57.0 Å². The van der Waals surface area contributed by atoms with E-state index < -0.39 is 7.60 Å². The monoisotopic (exact) mass is 429 g/mol. The first kappa shape index (κ1) is 22.5. The SMILES string of the molecule is CCOP(=O)(CCN(CCC#N)CCn1cnc2c(Cl)nc(N)nc21)OCC. The Kier molecular flexibility index (Phi) is 8.60. The Morgan fingerprint density at radius 2 is 2.00 bits per heavy atom. The summed E-state index contributed by atoms with van der Waals surface area (Å²) in [5, 5.41) is 9.13. The van der Waals surface area contributed by atoms with Gasteiger partial charge in [-0.05, 0) is 13.8 Å². The normalized spacial score (nSPS) is 12.0. The van der Waals surface area contributed by atoms with Gasteiger partial charge in [0.25, 0.3) is 0 Å². The molecular weight excluding hydrogens is 405 g/mol. The molecule has 0 radical (unpaired) electrons. The van der Waals surface area contributed by atoms with Crippen LogP contribution in [0.2, 0.25) is 5.15 Å². The summed E-state index contributed by atoms with van der Waals surface area (Å²) in [5.41, 5.74) is 6.71. The Balaban J connectivity index is 2.06. The van der Waals surface area contributed by atoms with E-state index >= 15 is 0 Å². The number of imidazole rings is 1. The highest BCUT2D eigenvalue weighted by molar-refractivity contribution is 7.53. The van der Waals surface area contributed by atoms with Gasteiger partial charge < -0.3 is 19.3 Å². The summed E-state index contributed by atoms with van der Waals surface area (Å²) in [6, 6.07) is 2.14. The topological polar surface area (TPSA) is 132 Å². The molecule has 12 heteroatoms. The van der Waals surface area contributed by atoms with Gasteiger partial charge in [0.2, 0.25) is 5.95 Å². The molecule has 0 aliphatic heterocycles. The fourth-order valence-corrected chi connectivity index (χ4v) is 4.57. The van der Waals surface area contributed by atoms with Crippen LogP contribution in [-0.2, 0) is 20.2 Å². The molecule has 2 heterocycles. The van der Waals surface area contributed by atoms with Gasteiger partial charge in [0, 0.05) is 32.6 Å². The number of anilines is 1. The summed E-state index contributed by atoms with van der Waals surface area (Å²) in [6.45, 7) is 6.35. The van der Waals surface area contributed by atoms with Crippen LogP contribution in [0.3, 0.4) is 0 Å². The largest absolute Gasteiger partial charge is 0.368 e. The van der Waals surface area contributed by atoms with Crippen LogP contribution in [0.25, 0.3) is 11.2 Å². The molecule has 10 nitrogen and oxygen atoms in total. The van der Waals surface area contributed by atoms with Crippen LogP contribution in [-0.4, -0.2) is 63.4 Å². The lowest BCUT2D eigenvalue weighted by Crippen LogP contribution is -2.31. The molecular formula is C16H25ClN7O3P. The molecule has 0 aromatic carbocycles. The Bertz CT molecular complexity index is 860. The molecule has 2 rings (SSSR count). The highest BCUT2D eigenvalue weighted by atomic mass is 35.5. The van der Waals surface area contributed by atoms with Gasteiger partial charge in [0.05, 0.1) is 31.8 Å². The highest BCUT2D eigenvalue weighted by Crippen LogP contribution is 2.47. The van der Waals surface area contributed by atoms with E-state index in [0.717, 1.165) is 0 Å². The van der Waals surface area contributed by atoms with Crippen molar-refractivity contribution in [3.8, 4) is 6.07 Å². The number of nitrogen functional groups attached to an aromatic ring is 1. The summed E-state index contributed by atoms with van der Waals surface area (Å²) in [6.07, 6.45) is 2.24. The minimum Gasteiger partial charge on any atom is -0.368 e. The summed E-state index contributed by atoms with van der Waals surface area (Å²) >= 11 is 6.05. The molecule has 2 aromatic rings. The maximum Gasteiger partial charge on any atom is 0.331 e. The third kappa shape index (κ3) is 6.12. The van der Waals surface area contributed by atoms with Crippen molar-refractivity contribution in [2.24, 2.45) is 0 Å². The number of hydrogen-bond donors (Lipinski definition) is 1. The number of hydrogen-bond acceptors (Lipinski definition) is 9. The van der Waals surface area contributed by atoms with E-state index in [1.54, 1.807) is 20.2 Å². The Hall–Kier alpha value is -1.76. The zero-order valence-electron chi connectivity index (χ0n) is 16.0. The molecule has 0 aliphatic carbocycles. The second-order valence-electron chi connectivity index (χ2n) is 5.90. The van der Waals surface area contributed by atoms with Gasteiger partial charge in [-0.3, -0.25) is 9.46 Å². The first-order valence-electron chi connectivity index (χ1n) is 9.03. The fourth-order valence-electron chi connectivity index (χ4n) is 2.71. The molecule has 154 valence electrons. The van der Waals surface area contributed by atoms with Crippen LogP contribution in [0.15, 0.2) is 6.33 Å². The molecule has 28 heavy (non-hydrogen) atoms. The highest BCUT2D eigenvalue weighted by Gasteiger charge is 2.24. The van der Waals surface area contributed by atoms with Gasteiger partial charge in [0.15, 0.2) is 10.8 Å². The number of nitrogens with zero attached hydrogens (tertiary/aromatic N) is 6. The van der Waals surface area contributed by atoms with Gasteiger partial charge in [-0.15, -0.1) is 0 Å². The van der Waals surface area contributed by atoms with Crippen molar-refractivity contribution in [1.29, 1.82) is 5.26 Å². The zero-order chi connectivity index (χ0) is 20.6. The van der Waals surface area contributed by atoms with Gasteiger partial charge in [-0.25, -0.2) is 4.98 Å². The van der Waals surface area contributed by atoms with Crippen LogP contribution in [0, 0.1) is 11.3 Å². The van der Waals surface area contributed by atoms with Gasteiger partial charge in [0.1, 0.15) is 5.52 Å². The molecule has 0 amide bonds. The second kappa shape index (κ2) is 10.7. The molecule has 0 bridgehead atoms. The lowest BCUT2D eigenvalue weighted by molar-refractivity contribution is 0.211.